The third-order valence-corrected chi connectivity index (χ3v) is 2.89. The number of ether oxygens (including phenoxy) is 2. The Morgan fingerprint density at radius 2 is 2.13 bits per heavy atom. The minimum atomic E-state index is 0.250. The van der Waals surface area contributed by atoms with E-state index in [1.165, 1.54) is 19.3 Å². The van der Waals surface area contributed by atoms with Crippen molar-refractivity contribution in [3.63, 3.8) is 0 Å². The molecule has 0 N–H and O–H groups in total. The SMILES string of the molecule is C=CC(CCCCC)OC1CCOCC1. The van der Waals surface area contributed by atoms with Gasteiger partial charge in [-0.1, -0.05) is 32.3 Å². The van der Waals surface area contributed by atoms with E-state index in [-0.39, 0.29) is 6.10 Å². The van der Waals surface area contributed by atoms with E-state index in [2.05, 4.69) is 13.5 Å². The zero-order chi connectivity index (χ0) is 10.9. The molecule has 2 nitrogen and oxygen atoms in total. The monoisotopic (exact) mass is 212 g/mol. The van der Waals surface area contributed by atoms with Gasteiger partial charge in [-0.05, 0) is 19.3 Å². The molecule has 0 bridgehead atoms. The zero-order valence-corrected chi connectivity index (χ0v) is 9.91. The second kappa shape index (κ2) is 7.89. The Hall–Kier alpha value is -0.340. The van der Waals surface area contributed by atoms with Gasteiger partial charge < -0.3 is 9.47 Å². The van der Waals surface area contributed by atoms with Crippen molar-refractivity contribution in [2.45, 2.75) is 57.7 Å². The van der Waals surface area contributed by atoms with Crippen molar-refractivity contribution in [1.82, 2.24) is 0 Å². The molecule has 0 amide bonds. The molecule has 88 valence electrons. The van der Waals surface area contributed by atoms with Crippen LogP contribution in [0.4, 0.5) is 0 Å². The summed E-state index contributed by atoms with van der Waals surface area (Å²) in [6.07, 6.45) is 9.60. The van der Waals surface area contributed by atoms with Crippen LogP contribution in [0.3, 0.4) is 0 Å². The maximum atomic E-state index is 5.99. The summed E-state index contributed by atoms with van der Waals surface area (Å²) in [5.74, 6) is 0. The van der Waals surface area contributed by atoms with E-state index in [4.69, 9.17) is 9.47 Å². The first-order valence-corrected chi connectivity index (χ1v) is 6.22. The standard InChI is InChI=1S/C13H24O2/c1-3-5-6-7-12(4-2)15-13-8-10-14-11-9-13/h4,12-13H,2-3,5-11H2,1H3. The lowest BCUT2D eigenvalue weighted by Crippen LogP contribution is -2.27. The molecule has 1 atom stereocenters. The molecule has 1 heterocycles. The summed E-state index contributed by atoms with van der Waals surface area (Å²) in [4.78, 5) is 0. The molecule has 0 radical (unpaired) electrons. The minimum absolute atomic E-state index is 0.250. The van der Waals surface area contributed by atoms with Crippen LogP contribution in [0.2, 0.25) is 0 Å². The van der Waals surface area contributed by atoms with Crippen molar-refractivity contribution in [3.8, 4) is 0 Å². The summed E-state index contributed by atoms with van der Waals surface area (Å²) in [5, 5.41) is 0. The van der Waals surface area contributed by atoms with Crippen molar-refractivity contribution < 1.29 is 9.47 Å². The Bertz CT molecular complexity index is 162. The smallest absolute Gasteiger partial charge is 0.0757 e. The average molecular weight is 212 g/mol. The van der Waals surface area contributed by atoms with E-state index in [0.717, 1.165) is 32.5 Å². The normalized spacial score (nSPS) is 20.1. The first-order valence-electron chi connectivity index (χ1n) is 6.22. The molecule has 1 rings (SSSR count). The number of hydrogen-bond acceptors (Lipinski definition) is 2. The van der Waals surface area contributed by atoms with Gasteiger partial charge in [-0.15, -0.1) is 6.58 Å². The van der Waals surface area contributed by atoms with Crippen LogP contribution in [-0.4, -0.2) is 25.4 Å². The highest BCUT2D eigenvalue weighted by molar-refractivity contribution is 4.81. The minimum Gasteiger partial charge on any atom is -0.381 e. The number of hydrogen-bond donors (Lipinski definition) is 0. The van der Waals surface area contributed by atoms with Crippen molar-refractivity contribution >= 4 is 0 Å². The lowest BCUT2D eigenvalue weighted by atomic mass is 10.1. The Morgan fingerprint density at radius 3 is 2.73 bits per heavy atom. The molecule has 0 aromatic carbocycles. The molecule has 0 spiro atoms. The van der Waals surface area contributed by atoms with Gasteiger partial charge >= 0.3 is 0 Å². The van der Waals surface area contributed by atoms with Gasteiger partial charge in [0.2, 0.25) is 0 Å². The second-order valence-electron chi connectivity index (χ2n) is 4.22. The molecule has 1 fully saturated rings. The summed E-state index contributed by atoms with van der Waals surface area (Å²) in [7, 11) is 0. The highest BCUT2D eigenvalue weighted by Crippen LogP contribution is 2.16. The van der Waals surface area contributed by atoms with Crippen LogP contribution in [0.15, 0.2) is 12.7 Å². The molecule has 0 aromatic rings. The summed E-state index contributed by atoms with van der Waals surface area (Å²) in [6, 6.07) is 0. The third kappa shape index (κ3) is 5.33. The molecule has 1 unspecified atom stereocenters. The van der Waals surface area contributed by atoms with Crippen molar-refractivity contribution in [2.75, 3.05) is 13.2 Å². The first kappa shape index (κ1) is 12.7. The quantitative estimate of drug-likeness (QED) is 0.476. The molecule has 1 aliphatic rings. The second-order valence-corrected chi connectivity index (χ2v) is 4.22. The fourth-order valence-electron chi connectivity index (χ4n) is 1.90. The zero-order valence-electron chi connectivity index (χ0n) is 9.91. The fourth-order valence-corrected chi connectivity index (χ4v) is 1.90. The van der Waals surface area contributed by atoms with Gasteiger partial charge in [0.1, 0.15) is 0 Å². The molecule has 1 aliphatic heterocycles. The van der Waals surface area contributed by atoms with Crippen molar-refractivity contribution in [1.29, 1.82) is 0 Å². The molecule has 2 heteroatoms. The van der Waals surface area contributed by atoms with Crippen LogP contribution < -0.4 is 0 Å². The average Bonchev–Trinajstić information content (AvgIpc) is 2.29. The van der Waals surface area contributed by atoms with Crippen molar-refractivity contribution in [2.24, 2.45) is 0 Å². The summed E-state index contributed by atoms with van der Waals surface area (Å²) in [6.45, 7) is 7.77. The predicted octanol–water partition coefficient (Wildman–Crippen LogP) is 3.32. The van der Waals surface area contributed by atoms with E-state index >= 15 is 0 Å². The largest absolute Gasteiger partial charge is 0.381 e. The number of unbranched alkanes of at least 4 members (excludes halogenated alkanes) is 2. The molecule has 0 aliphatic carbocycles. The Labute approximate surface area is 93.7 Å². The molecular weight excluding hydrogens is 188 g/mol. The maximum absolute atomic E-state index is 5.99. The molecule has 15 heavy (non-hydrogen) atoms. The molecular formula is C13H24O2. The van der Waals surface area contributed by atoms with Crippen molar-refractivity contribution in [3.05, 3.63) is 12.7 Å². The Balaban J connectivity index is 2.16. The van der Waals surface area contributed by atoms with Gasteiger partial charge in [0.05, 0.1) is 12.2 Å². The van der Waals surface area contributed by atoms with Gasteiger partial charge in [-0.2, -0.15) is 0 Å². The maximum Gasteiger partial charge on any atom is 0.0757 e. The van der Waals surface area contributed by atoms with Crippen LogP contribution in [0, 0.1) is 0 Å². The van der Waals surface area contributed by atoms with Gasteiger partial charge in [-0.25, -0.2) is 0 Å². The van der Waals surface area contributed by atoms with Crippen LogP contribution in [0.25, 0.3) is 0 Å². The van der Waals surface area contributed by atoms with E-state index < -0.39 is 0 Å². The first-order chi connectivity index (χ1) is 7.36. The Kier molecular flexibility index (Phi) is 6.69. The van der Waals surface area contributed by atoms with E-state index in [0.29, 0.717) is 6.10 Å². The van der Waals surface area contributed by atoms with Gasteiger partial charge in [0.15, 0.2) is 0 Å². The van der Waals surface area contributed by atoms with E-state index in [1.807, 2.05) is 6.08 Å². The lowest BCUT2D eigenvalue weighted by Gasteiger charge is -2.26. The Morgan fingerprint density at radius 1 is 1.40 bits per heavy atom. The highest BCUT2D eigenvalue weighted by atomic mass is 16.5. The van der Waals surface area contributed by atoms with E-state index in [1.54, 1.807) is 0 Å². The van der Waals surface area contributed by atoms with Gasteiger partial charge in [0.25, 0.3) is 0 Å². The summed E-state index contributed by atoms with van der Waals surface area (Å²) in [5.41, 5.74) is 0. The molecule has 0 saturated carbocycles. The third-order valence-electron chi connectivity index (χ3n) is 2.89. The van der Waals surface area contributed by atoms with Crippen LogP contribution in [0.1, 0.15) is 45.4 Å². The van der Waals surface area contributed by atoms with Crippen LogP contribution in [-0.2, 0) is 9.47 Å². The van der Waals surface area contributed by atoms with Crippen LogP contribution in [0.5, 0.6) is 0 Å². The fraction of sp³-hybridized carbons (Fsp3) is 0.846. The summed E-state index contributed by atoms with van der Waals surface area (Å²) >= 11 is 0. The molecule has 0 aromatic heterocycles. The van der Waals surface area contributed by atoms with Gasteiger partial charge in [0, 0.05) is 13.2 Å². The predicted molar refractivity (Wildman–Crippen MR) is 63.1 cm³/mol. The van der Waals surface area contributed by atoms with Gasteiger partial charge in [-0.3, -0.25) is 0 Å². The topological polar surface area (TPSA) is 18.5 Å². The summed E-state index contributed by atoms with van der Waals surface area (Å²) < 4.78 is 11.3. The van der Waals surface area contributed by atoms with E-state index in [9.17, 15) is 0 Å². The highest BCUT2D eigenvalue weighted by Gasteiger charge is 2.17. The lowest BCUT2D eigenvalue weighted by molar-refractivity contribution is -0.0556. The molecule has 1 saturated heterocycles. The van der Waals surface area contributed by atoms with Crippen LogP contribution >= 0.6 is 0 Å². The number of rotatable bonds is 7.